The normalized spacial score (nSPS) is 19.5. The van der Waals surface area contributed by atoms with Crippen LogP contribution in [0.1, 0.15) is 34.1 Å². The van der Waals surface area contributed by atoms with Gasteiger partial charge in [-0.15, -0.1) is 0 Å². The van der Waals surface area contributed by atoms with Crippen molar-refractivity contribution in [1.82, 2.24) is 16.0 Å². The van der Waals surface area contributed by atoms with Crippen molar-refractivity contribution in [2.24, 2.45) is 5.92 Å². The van der Waals surface area contributed by atoms with E-state index >= 15 is 0 Å². The predicted molar refractivity (Wildman–Crippen MR) is 72.6 cm³/mol. The van der Waals surface area contributed by atoms with Gasteiger partial charge in [0.15, 0.2) is 0 Å². The third-order valence-electron chi connectivity index (χ3n) is 3.84. The van der Waals surface area contributed by atoms with Crippen molar-refractivity contribution < 1.29 is 0 Å². The van der Waals surface area contributed by atoms with E-state index < -0.39 is 0 Å². The minimum atomic E-state index is 0.0404. The molecule has 0 aromatic rings. The van der Waals surface area contributed by atoms with Gasteiger partial charge < -0.3 is 16.0 Å². The Bertz CT molecular complexity index is 182. The summed E-state index contributed by atoms with van der Waals surface area (Å²) in [6.45, 7) is 8.96. The summed E-state index contributed by atoms with van der Waals surface area (Å²) in [7, 11) is 6.07. The molecule has 3 N–H and O–H groups in total. The van der Waals surface area contributed by atoms with Gasteiger partial charge in [0.25, 0.3) is 0 Å². The Morgan fingerprint density at radius 1 is 1.06 bits per heavy atom. The molecule has 0 aliphatic heterocycles. The molecule has 16 heavy (non-hydrogen) atoms. The van der Waals surface area contributed by atoms with Gasteiger partial charge in [-0.25, -0.2) is 0 Å². The van der Waals surface area contributed by atoms with E-state index in [1.807, 2.05) is 21.1 Å². The molecule has 97 valence electrons. The molecule has 0 saturated carbocycles. The molecule has 0 saturated heterocycles. The Kier molecular flexibility index (Phi) is 7.20. The molecule has 0 aliphatic rings. The Balaban J connectivity index is 4.32. The molecule has 0 heterocycles. The van der Waals surface area contributed by atoms with E-state index in [0.717, 1.165) is 6.42 Å². The van der Waals surface area contributed by atoms with Gasteiger partial charge in [0.1, 0.15) is 0 Å². The van der Waals surface area contributed by atoms with Crippen molar-refractivity contribution in [3.63, 3.8) is 0 Å². The van der Waals surface area contributed by atoms with Crippen LogP contribution in [-0.2, 0) is 0 Å². The second-order valence-electron chi connectivity index (χ2n) is 5.12. The van der Waals surface area contributed by atoms with Crippen LogP contribution >= 0.6 is 0 Å². The zero-order valence-corrected chi connectivity index (χ0v) is 12.0. The van der Waals surface area contributed by atoms with Gasteiger partial charge in [0.05, 0.1) is 0 Å². The van der Waals surface area contributed by atoms with Gasteiger partial charge >= 0.3 is 0 Å². The van der Waals surface area contributed by atoms with Gasteiger partial charge in [-0.3, -0.25) is 0 Å². The van der Waals surface area contributed by atoms with E-state index in [9.17, 15) is 0 Å². The van der Waals surface area contributed by atoms with Gasteiger partial charge in [-0.1, -0.05) is 13.8 Å². The van der Waals surface area contributed by atoms with Crippen molar-refractivity contribution in [3.05, 3.63) is 6.42 Å². The lowest BCUT2D eigenvalue weighted by Crippen LogP contribution is -2.55. The van der Waals surface area contributed by atoms with Crippen molar-refractivity contribution in [2.45, 2.75) is 51.7 Å². The lowest BCUT2D eigenvalue weighted by Gasteiger charge is -2.37. The summed E-state index contributed by atoms with van der Waals surface area (Å²) in [4.78, 5) is 0. The summed E-state index contributed by atoms with van der Waals surface area (Å²) in [5.74, 6) is 0.659. The molecular formula is C13H30N3. The highest BCUT2D eigenvalue weighted by Crippen LogP contribution is 2.19. The highest BCUT2D eigenvalue weighted by atomic mass is 15.0. The van der Waals surface area contributed by atoms with E-state index in [1.165, 1.54) is 0 Å². The first-order valence-electron chi connectivity index (χ1n) is 6.29. The van der Waals surface area contributed by atoms with Gasteiger partial charge in [0.2, 0.25) is 0 Å². The fraction of sp³-hybridized carbons (Fsp3) is 0.923. The summed E-state index contributed by atoms with van der Waals surface area (Å²) in [6, 6.07) is 0.971. The van der Waals surface area contributed by atoms with Gasteiger partial charge in [-0.2, -0.15) is 0 Å². The average Bonchev–Trinajstić information content (AvgIpc) is 2.27. The van der Waals surface area contributed by atoms with Crippen molar-refractivity contribution >= 4 is 0 Å². The molecule has 0 aromatic carbocycles. The molecule has 1 radical (unpaired) electrons. The second kappa shape index (κ2) is 7.25. The Labute approximate surface area is 102 Å². The Morgan fingerprint density at radius 3 is 1.94 bits per heavy atom. The van der Waals surface area contributed by atoms with E-state index in [-0.39, 0.29) is 5.54 Å². The third-order valence-corrected chi connectivity index (χ3v) is 3.84. The molecule has 0 aliphatic carbocycles. The summed E-state index contributed by atoms with van der Waals surface area (Å²) in [5, 5.41) is 10.1. The zero-order valence-electron chi connectivity index (χ0n) is 12.0. The van der Waals surface area contributed by atoms with Crippen molar-refractivity contribution in [2.75, 3.05) is 21.1 Å². The largest absolute Gasteiger partial charge is 0.317 e. The van der Waals surface area contributed by atoms with Crippen LogP contribution in [0.5, 0.6) is 0 Å². The maximum atomic E-state index is 3.40. The molecule has 0 spiro atoms. The molecule has 0 aromatic heterocycles. The highest BCUT2D eigenvalue weighted by molar-refractivity contribution is 5.04. The summed E-state index contributed by atoms with van der Waals surface area (Å²) in [6.07, 6.45) is 3.47. The lowest BCUT2D eigenvalue weighted by molar-refractivity contribution is 0.311. The van der Waals surface area contributed by atoms with Gasteiger partial charge in [0, 0.05) is 17.6 Å². The van der Waals surface area contributed by atoms with Crippen LogP contribution in [-0.4, -0.2) is 38.8 Å². The van der Waals surface area contributed by atoms with E-state index in [1.54, 1.807) is 0 Å². The first-order valence-corrected chi connectivity index (χ1v) is 6.29. The summed E-state index contributed by atoms with van der Waals surface area (Å²) < 4.78 is 0. The molecule has 0 rings (SSSR count). The fourth-order valence-corrected chi connectivity index (χ4v) is 1.89. The van der Waals surface area contributed by atoms with Crippen LogP contribution in [0.15, 0.2) is 0 Å². The second-order valence-corrected chi connectivity index (χ2v) is 5.12. The average molecular weight is 228 g/mol. The van der Waals surface area contributed by atoms with Crippen LogP contribution < -0.4 is 16.0 Å². The van der Waals surface area contributed by atoms with Crippen LogP contribution in [0.3, 0.4) is 0 Å². The number of hydrogen-bond acceptors (Lipinski definition) is 3. The van der Waals surface area contributed by atoms with Crippen molar-refractivity contribution in [3.8, 4) is 0 Å². The summed E-state index contributed by atoms with van der Waals surface area (Å²) in [5.41, 5.74) is 0.0404. The van der Waals surface area contributed by atoms with E-state index in [2.05, 4.69) is 50.1 Å². The maximum absolute atomic E-state index is 3.40. The fourth-order valence-electron chi connectivity index (χ4n) is 1.89. The van der Waals surface area contributed by atoms with E-state index in [4.69, 9.17) is 0 Å². The van der Waals surface area contributed by atoms with E-state index in [0.29, 0.717) is 18.0 Å². The number of hydrogen-bond donors (Lipinski definition) is 3. The SMILES string of the molecule is CNC(C[CH]C(C)(NC)C(C)NC)C(C)C. The Hall–Kier alpha value is -0.120. The lowest BCUT2D eigenvalue weighted by atomic mass is 9.85. The van der Waals surface area contributed by atoms with Crippen LogP contribution in [0.4, 0.5) is 0 Å². The number of nitrogens with one attached hydrogen (secondary N) is 3. The van der Waals surface area contributed by atoms with Crippen LogP contribution in [0.25, 0.3) is 0 Å². The molecular weight excluding hydrogens is 198 g/mol. The number of likely N-dealkylation sites (N-methyl/N-ethyl adjacent to an activating group) is 2. The maximum Gasteiger partial charge on any atom is 0.0333 e. The van der Waals surface area contributed by atoms with Crippen LogP contribution in [0, 0.1) is 12.3 Å². The smallest absolute Gasteiger partial charge is 0.0333 e. The molecule has 0 bridgehead atoms. The standard InChI is InChI=1S/C13H30N3/c1-10(2)12(15-6)8-9-13(4,16-7)11(3)14-5/h9-12,14-16H,8H2,1-7H3. The molecule has 0 amide bonds. The highest BCUT2D eigenvalue weighted by Gasteiger charge is 2.29. The minimum Gasteiger partial charge on any atom is -0.317 e. The number of rotatable bonds is 8. The van der Waals surface area contributed by atoms with Crippen molar-refractivity contribution in [1.29, 1.82) is 0 Å². The monoisotopic (exact) mass is 228 g/mol. The van der Waals surface area contributed by atoms with Crippen LogP contribution in [0.2, 0.25) is 0 Å². The zero-order chi connectivity index (χ0) is 12.8. The molecule has 3 heteroatoms. The topological polar surface area (TPSA) is 36.1 Å². The first kappa shape index (κ1) is 15.9. The molecule has 0 fully saturated rings. The van der Waals surface area contributed by atoms with Gasteiger partial charge in [-0.05, 0) is 53.8 Å². The predicted octanol–water partition coefficient (Wildman–Crippen LogP) is 1.41. The molecule has 3 nitrogen and oxygen atoms in total. The first-order chi connectivity index (χ1) is 7.41. The summed E-state index contributed by atoms with van der Waals surface area (Å²) >= 11 is 0. The quantitative estimate of drug-likeness (QED) is 0.588. The Morgan fingerprint density at radius 2 is 1.62 bits per heavy atom. The molecule has 3 atom stereocenters. The third kappa shape index (κ3) is 4.40. The molecule has 3 unspecified atom stereocenters. The minimum absolute atomic E-state index is 0.0404.